The van der Waals surface area contributed by atoms with Crippen LogP contribution in [0.3, 0.4) is 0 Å². The van der Waals surface area contributed by atoms with Crippen LogP contribution >= 0.6 is 23.1 Å². The van der Waals surface area contributed by atoms with Gasteiger partial charge >= 0.3 is 0 Å². The second-order valence-electron chi connectivity index (χ2n) is 7.79. The summed E-state index contributed by atoms with van der Waals surface area (Å²) in [6, 6.07) is 10.5. The van der Waals surface area contributed by atoms with Crippen LogP contribution in [-0.2, 0) is 23.5 Å². The molecule has 6 heteroatoms. The number of pyridine rings is 1. The number of rotatable bonds is 3. The molecule has 0 saturated carbocycles. The van der Waals surface area contributed by atoms with E-state index in [0.717, 1.165) is 37.9 Å². The first-order valence-corrected chi connectivity index (χ1v) is 11.2. The van der Waals surface area contributed by atoms with Crippen molar-refractivity contribution in [3.05, 3.63) is 59.0 Å². The second kappa shape index (κ2) is 6.79. The highest BCUT2D eigenvalue weighted by Gasteiger charge is 2.30. The SMILES string of the molecule is Cc1nc2sc3c(SCc4ccccc4)ncnc3c2c2c1COC(C)(C)C2. The topological polar surface area (TPSA) is 47.9 Å². The molecule has 1 aliphatic heterocycles. The minimum atomic E-state index is -0.167. The zero-order chi connectivity index (χ0) is 19.3. The van der Waals surface area contributed by atoms with Crippen molar-refractivity contribution < 1.29 is 4.74 Å². The normalized spacial score (nSPS) is 15.8. The Hall–Kier alpha value is -2.02. The molecule has 0 saturated heterocycles. The van der Waals surface area contributed by atoms with E-state index < -0.39 is 0 Å². The first kappa shape index (κ1) is 18.0. The van der Waals surface area contributed by atoms with Crippen LogP contribution in [0.15, 0.2) is 41.7 Å². The Labute approximate surface area is 172 Å². The highest BCUT2D eigenvalue weighted by molar-refractivity contribution is 7.98. The van der Waals surface area contributed by atoms with Gasteiger partial charge in [0.1, 0.15) is 16.2 Å². The van der Waals surface area contributed by atoms with Gasteiger partial charge in [-0.1, -0.05) is 30.3 Å². The van der Waals surface area contributed by atoms with Crippen molar-refractivity contribution in [3.63, 3.8) is 0 Å². The predicted octanol–water partition coefficient (Wildman–Crippen LogP) is 5.69. The van der Waals surface area contributed by atoms with Crippen molar-refractivity contribution in [3.8, 4) is 0 Å². The van der Waals surface area contributed by atoms with E-state index in [9.17, 15) is 0 Å². The van der Waals surface area contributed by atoms with Gasteiger partial charge in [0, 0.05) is 28.8 Å². The molecule has 5 rings (SSSR count). The summed E-state index contributed by atoms with van der Waals surface area (Å²) in [5.74, 6) is 0.895. The van der Waals surface area contributed by atoms with Crippen molar-refractivity contribution in [1.82, 2.24) is 15.0 Å². The Balaban J connectivity index is 1.65. The van der Waals surface area contributed by atoms with Gasteiger partial charge in [0.2, 0.25) is 0 Å². The van der Waals surface area contributed by atoms with Crippen molar-refractivity contribution in [2.45, 2.75) is 50.2 Å². The molecule has 0 bridgehead atoms. The van der Waals surface area contributed by atoms with Crippen LogP contribution in [0.25, 0.3) is 20.4 Å². The largest absolute Gasteiger partial charge is 0.370 e. The molecule has 0 unspecified atom stereocenters. The Kier molecular flexibility index (Phi) is 4.38. The maximum Gasteiger partial charge on any atom is 0.126 e. The summed E-state index contributed by atoms with van der Waals surface area (Å²) in [4.78, 5) is 15.2. The summed E-state index contributed by atoms with van der Waals surface area (Å²) in [5, 5.41) is 2.23. The van der Waals surface area contributed by atoms with Crippen LogP contribution in [0.1, 0.15) is 36.2 Å². The highest BCUT2D eigenvalue weighted by Crippen LogP contribution is 2.42. The molecule has 3 aromatic heterocycles. The summed E-state index contributed by atoms with van der Waals surface area (Å²) < 4.78 is 7.19. The molecular weight excluding hydrogens is 386 g/mol. The Morgan fingerprint density at radius 2 is 1.96 bits per heavy atom. The molecule has 0 amide bonds. The van der Waals surface area contributed by atoms with Crippen molar-refractivity contribution in [2.24, 2.45) is 0 Å². The van der Waals surface area contributed by atoms with Crippen molar-refractivity contribution in [2.75, 3.05) is 0 Å². The van der Waals surface area contributed by atoms with E-state index in [1.54, 1.807) is 29.4 Å². The molecule has 4 heterocycles. The number of aryl methyl sites for hydroxylation is 1. The lowest BCUT2D eigenvalue weighted by Crippen LogP contribution is -2.32. The molecule has 0 fully saturated rings. The van der Waals surface area contributed by atoms with Crippen molar-refractivity contribution >= 4 is 43.5 Å². The Bertz CT molecular complexity index is 1190. The summed E-state index contributed by atoms with van der Waals surface area (Å²) >= 11 is 3.48. The summed E-state index contributed by atoms with van der Waals surface area (Å²) in [6.45, 7) is 7.01. The maximum atomic E-state index is 6.05. The van der Waals surface area contributed by atoms with Gasteiger partial charge in [-0.3, -0.25) is 0 Å². The quantitative estimate of drug-likeness (QED) is 0.322. The van der Waals surface area contributed by atoms with Crippen LogP contribution in [0.5, 0.6) is 0 Å². The molecule has 0 aliphatic carbocycles. The second-order valence-corrected chi connectivity index (χ2v) is 9.76. The van der Waals surface area contributed by atoms with Crippen LogP contribution < -0.4 is 0 Å². The van der Waals surface area contributed by atoms with Gasteiger partial charge in [-0.2, -0.15) is 0 Å². The fourth-order valence-electron chi connectivity index (χ4n) is 3.78. The molecule has 4 aromatic rings. The van der Waals surface area contributed by atoms with Gasteiger partial charge in [-0.15, -0.1) is 23.1 Å². The molecule has 1 aliphatic rings. The minimum Gasteiger partial charge on any atom is -0.370 e. The first-order valence-electron chi connectivity index (χ1n) is 9.38. The van der Waals surface area contributed by atoms with E-state index in [1.807, 2.05) is 6.07 Å². The number of aromatic nitrogens is 3. The number of thioether (sulfide) groups is 1. The molecule has 0 radical (unpaired) electrons. The van der Waals surface area contributed by atoms with Crippen LogP contribution in [0.4, 0.5) is 0 Å². The zero-order valence-electron chi connectivity index (χ0n) is 16.2. The van der Waals surface area contributed by atoms with Gasteiger partial charge in [0.25, 0.3) is 0 Å². The van der Waals surface area contributed by atoms with Gasteiger partial charge in [-0.05, 0) is 31.9 Å². The lowest BCUT2D eigenvalue weighted by Gasteiger charge is -2.32. The third-order valence-electron chi connectivity index (χ3n) is 5.22. The molecule has 142 valence electrons. The Morgan fingerprint density at radius 3 is 2.79 bits per heavy atom. The van der Waals surface area contributed by atoms with Crippen LogP contribution in [-0.4, -0.2) is 20.6 Å². The van der Waals surface area contributed by atoms with E-state index >= 15 is 0 Å². The standard InChI is InChI=1S/C22H21N3OS2/c1-13-16-10-26-22(2,3)9-15(16)17-18-19(28-20(17)25-13)21(24-12-23-18)27-11-14-7-5-4-6-8-14/h4-8,12H,9-11H2,1-3H3. The smallest absolute Gasteiger partial charge is 0.126 e. The number of thiophene rings is 1. The van der Waals surface area contributed by atoms with E-state index in [-0.39, 0.29) is 5.60 Å². The maximum absolute atomic E-state index is 6.05. The Morgan fingerprint density at radius 1 is 1.14 bits per heavy atom. The van der Waals surface area contributed by atoms with Gasteiger partial charge in [0.05, 0.1) is 22.4 Å². The fourth-order valence-corrected chi connectivity index (χ4v) is 6.01. The molecule has 1 aromatic carbocycles. The van der Waals surface area contributed by atoms with E-state index in [2.05, 4.69) is 55.0 Å². The predicted molar refractivity (Wildman–Crippen MR) is 116 cm³/mol. The van der Waals surface area contributed by atoms with Crippen molar-refractivity contribution in [1.29, 1.82) is 0 Å². The van der Waals surface area contributed by atoms with Crippen LogP contribution in [0.2, 0.25) is 0 Å². The number of fused-ring (bicyclic) bond motifs is 5. The third-order valence-corrected chi connectivity index (χ3v) is 7.49. The van der Waals surface area contributed by atoms with Gasteiger partial charge in [-0.25, -0.2) is 15.0 Å². The summed E-state index contributed by atoms with van der Waals surface area (Å²) in [6.07, 6.45) is 2.57. The zero-order valence-corrected chi connectivity index (χ0v) is 17.8. The molecule has 0 atom stereocenters. The molecular formula is C22H21N3OS2. The lowest BCUT2D eigenvalue weighted by molar-refractivity contribution is -0.0400. The minimum absolute atomic E-state index is 0.167. The first-order chi connectivity index (χ1) is 13.5. The number of hydrogen-bond acceptors (Lipinski definition) is 6. The third kappa shape index (κ3) is 3.09. The van der Waals surface area contributed by atoms with Crippen LogP contribution in [0, 0.1) is 6.92 Å². The number of nitrogens with zero attached hydrogens (tertiary/aromatic N) is 3. The fraction of sp³-hybridized carbons (Fsp3) is 0.318. The van der Waals surface area contributed by atoms with Gasteiger partial charge < -0.3 is 4.74 Å². The lowest BCUT2D eigenvalue weighted by atomic mass is 9.89. The molecule has 0 spiro atoms. The average molecular weight is 408 g/mol. The molecule has 4 nitrogen and oxygen atoms in total. The number of ether oxygens (including phenoxy) is 1. The van der Waals surface area contributed by atoms with Gasteiger partial charge in [0.15, 0.2) is 0 Å². The molecule has 28 heavy (non-hydrogen) atoms. The van der Waals surface area contributed by atoms with E-state index in [0.29, 0.717) is 6.61 Å². The van der Waals surface area contributed by atoms with E-state index in [1.165, 1.54) is 22.1 Å². The monoisotopic (exact) mass is 407 g/mol. The summed E-state index contributed by atoms with van der Waals surface area (Å²) in [5.41, 5.74) is 5.81. The number of hydrogen-bond donors (Lipinski definition) is 0. The van der Waals surface area contributed by atoms with E-state index in [4.69, 9.17) is 9.72 Å². The number of benzene rings is 1. The average Bonchev–Trinajstić information content (AvgIpc) is 3.05. The highest BCUT2D eigenvalue weighted by atomic mass is 32.2. The summed E-state index contributed by atoms with van der Waals surface area (Å²) in [7, 11) is 0. The molecule has 0 N–H and O–H groups in total.